The lowest BCUT2D eigenvalue weighted by Crippen LogP contribution is -2.31. The normalized spacial score (nSPS) is 19.5. The van der Waals surface area contributed by atoms with Crippen molar-refractivity contribution in [3.8, 4) is 0 Å². The van der Waals surface area contributed by atoms with Gasteiger partial charge in [0.05, 0.1) is 36.8 Å². The molecule has 1 heterocycles. The summed E-state index contributed by atoms with van der Waals surface area (Å²) in [5.41, 5.74) is 1.40. The fourth-order valence-electron chi connectivity index (χ4n) is 4.20. The molecule has 9 heteroatoms. The highest BCUT2D eigenvalue weighted by molar-refractivity contribution is 7.58. The van der Waals surface area contributed by atoms with Gasteiger partial charge >= 0.3 is 13.6 Å². The standard InChI is InChI=1S/C27H43O7PSi/c1-10-31-35(29,32-11-2)21(4)24(33-26(28)22-15-13-12-14-16-22)17-23(20(3)19-36(7,8)9)25-18-30-27(5,6)34-25/h12-16,23,25H,3,10-11,17-19H2,1-2,4-9H3/b24-21+/t23-,25-/m1/s1. The smallest absolute Gasteiger partial charge is 0.360 e. The molecular weight excluding hydrogens is 495 g/mol. The summed E-state index contributed by atoms with van der Waals surface area (Å²) in [5, 5.41) is 0.277. The minimum Gasteiger partial charge on any atom is -0.427 e. The average Bonchev–Trinajstić information content (AvgIpc) is 3.14. The first-order chi connectivity index (χ1) is 16.7. The molecule has 2 atom stereocenters. The molecule has 0 amide bonds. The number of ether oxygens (including phenoxy) is 3. The maximum atomic E-state index is 13.7. The molecule has 1 saturated heterocycles. The van der Waals surface area contributed by atoms with Gasteiger partial charge in [-0.15, -0.1) is 0 Å². The molecule has 1 aliphatic heterocycles. The van der Waals surface area contributed by atoms with E-state index >= 15 is 0 Å². The van der Waals surface area contributed by atoms with Crippen LogP contribution in [-0.2, 0) is 27.8 Å². The Kier molecular flexibility index (Phi) is 10.9. The lowest BCUT2D eigenvalue weighted by molar-refractivity contribution is -0.143. The number of allylic oxidation sites excluding steroid dienone is 2. The van der Waals surface area contributed by atoms with Crippen LogP contribution >= 0.6 is 7.60 Å². The molecule has 2 rings (SSSR count). The monoisotopic (exact) mass is 538 g/mol. The topological polar surface area (TPSA) is 80.3 Å². The van der Waals surface area contributed by atoms with Crippen LogP contribution in [0.2, 0.25) is 25.7 Å². The van der Waals surface area contributed by atoms with E-state index in [1.165, 1.54) is 0 Å². The van der Waals surface area contributed by atoms with Crippen molar-refractivity contribution >= 4 is 21.6 Å². The zero-order valence-electron chi connectivity index (χ0n) is 23.1. The van der Waals surface area contributed by atoms with Crippen molar-refractivity contribution in [1.29, 1.82) is 0 Å². The zero-order chi connectivity index (χ0) is 27.1. The minimum absolute atomic E-state index is 0.189. The van der Waals surface area contributed by atoms with Crippen molar-refractivity contribution in [2.24, 2.45) is 5.92 Å². The number of carbonyl (C=O) groups excluding carboxylic acids is 1. The molecule has 202 valence electrons. The van der Waals surface area contributed by atoms with Crippen molar-refractivity contribution in [1.82, 2.24) is 0 Å². The SMILES string of the molecule is C=C(C[Si](C)(C)C)[C@@H](C/C(OC(=O)c1ccccc1)=C(/C)P(=O)(OCC)OCC)[C@H]1COC(C)(C)O1. The Bertz CT molecular complexity index is 972. The van der Waals surface area contributed by atoms with Gasteiger partial charge in [0.1, 0.15) is 5.76 Å². The highest BCUT2D eigenvalue weighted by Gasteiger charge is 2.41. The van der Waals surface area contributed by atoms with Crippen LogP contribution in [0.3, 0.4) is 0 Å². The first-order valence-electron chi connectivity index (χ1n) is 12.6. The molecule has 0 aromatic heterocycles. The first-order valence-corrected chi connectivity index (χ1v) is 17.8. The summed E-state index contributed by atoms with van der Waals surface area (Å²) in [4.78, 5) is 13.1. The van der Waals surface area contributed by atoms with E-state index in [9.17, 15) is 9.36 Å². The van der Waals surface area contributed by atoms with E-state index in [2.05, 4.69) is 26.2 Å². The summed E-state index contributed by atoms with van der Waals surface area (Å²) < 4.78 is 42.9. The van der Waals surface area contributed by atoms with Crippen LogP contribution in [0, 0.1) is 5.92 Å². The fraction of sp³-hybridized carbons (Fsp3) is 0.593. The maximum absolute atomic E-state index is 13.7. The Morgan fingerprint density at radius 3 is 2.22 bits per heavy atom. The van der Waals surface area contributed by atoms with E-state index in [1.807, 2.05) is 19.9 Å². The van der Waals surface area contributed by atoms with Gasteiger partial charge in [0.15, 0.2) is 5.79 Å². The predicted molar refractivity (Wildman–Crippen MR) is 146 cm³/mol. The quantitative estimate of drug-likeness (QED) is 0.0851. The van der Waals surface area contributed by atoms with Gasteiger partial charge in [-0.05, 0) is 52.8 Å². The van der Waals surface area contributed by atoms with Crippen LogP contribution in [0.4, 0.5) is 0 Å². The second-order valence-electron chi connectivity index (χ2n) is 10.7. The van der Waals surface area contributed by atoms with Gasteiger partial charge < -0.3 is 23.3 Å². The molecule has 0 saturated carbocycles. The summed E-state index contributed by atoms with van der Waals surface area (Å²) in [6.07, 6.45) is -0.0391. The Morgan fingerprint density at radius 2 is 1.75 bits per heavy atom. The van der Waals surface area contributed by atoms with Gasteiger partial charge in [-0.3, -0.25) is 4.57 Å². The first kappa shape index (κ1) is 30.7. The van der Waals surface area contributed by atoms with Crippen LogP contribution in [0.15, 0.2) is 53.6 Å². The Balaban J connectivity index is 2.54. The molecule has 1 aromatic rings. The number of esters is 1. The van der Waals surface area contributed by atoms with Crippen LogP contribution < -0.4 is 0 Å². The maximum Gasteiger partial charge on any atom is 0.360 e. The summed E-state index contributed by atoms with van der Waals surface area (Å²) in [5.74, 6) is -1.23. The van der Waals surface area contributed by atoms with E-state index in [4.69, 9.17) is 23.3 Å². The number of carbonyl (C=O) groups is 1. The zero-order valence-corrected chi connectivity index (χ0v) is 25.0. The van der Waals surface area contributed by atoms with E-state index in [0.717, 1.165) is 11.6 Å². The number of benzene rings is 1. The molecule has 0 unspecified atom stereocenters. The minimum atomic E-state index is -3.69. The Hall–Kier alpha value is -1.54. The van der Waals surface area contributed by atoms with Crippen molar-refractivity contribution in [2.45, 2.75) is 78.6 Å². The van der Waals surface area contributed by atoms with E-state index in [1.54, 1.807) is 45.0 Å². The van der Waals surface area contributed by atoms with Crippen molar-refractivity contribution < 1.29 is 32.6 Å². The van der Waals surface area contributed by atoms with Crippen molar-refractivity contribution in [3.63, 3.8) is 0 Å². The largest absolute Gasteiger partial charge is 0.427 e. The molecule has 0 spiro atoms. The Labute approximate surface area is 217 Å². The Morgan fingerprint density at radius 1 is 1.17 bits per heavy atom. The van der Waals surface area contributed by atoms with Crippen molar-refractivity contribution in [3.05, 3.63) is 59.1 Å². The highest BCUT2D eigenvalue weighted by atomic mass is 31.2. The number of rotatable bonds is 13. The number of hydrogen-bond donors (Lipinski definition) is 0. The van der Waals surface area contributed by atoms with Gasteiger partial charge in [0, 0.05) is 20.4 Å². The predicted octanol–water partition coefficient (Wildman–Crippen LogP) is 7.39. The van der Waals surface area contributed by atoms with E-state index in [-0.39, 0.29) is 42.7 Å². The summed E-state index contributed by atoms with van der Waals surface area (Å²) in [6, 6.07) is 9.58. The molecule has 1 fully saturated rings. The second kappa shape index (κ2) is 12.8. The van der Waals surface area contributed by atoms with Crippen LogP contribution in [0.25, 0.3) is 0 Å². The van der Waals surface area contributed by atoms with Crippen LogP contribution in [0.5, 0.6) is 0 Å². The van der Waals surface area contributed by atoms with Crippen LogP contribution in [-0.4, -0.2) is 45.8 Å². The highest BCUT2D eigenvalue weighted by Crippen LogP contribution is 2.58. The molecule has 1 aromatic carbocycles. The molecule has 7 nitrogen and oxygen atoms in total. The summed E-state index contributed by atoms with van der Waals surface area (Å²) >= 11 is 0. The van der Waals surface area contributed by atoms with Crippen molar-refractivity contribution in [2.75, 3.05) is 19.8 Å². The average molecular weight is 539 g/mol. The molecule has 1 aliphatic rings. The molecule has 0 aliphatic carbocycles. The lowest BCUT2D eigenvalue weighted by atomic mass is 9.91. The van der Waals surface area contributed by atoms with Gasteiger partial charge in [-0.25, -0.2) is 4.79 Å². The summed E-state index contributed by atoms with van der Waals surface area (Å²) in [7, 11) is -5.21. The molecular formula is C27H43O7PSi. The molecule has 0 bridgehead atoms. The summed E-state index contributed by atoms with van der Waals surface area (Å²) in [6.45, 7) is 20.9. The fourth-order valence-corrected chi connectivity index (χ4v) is 7.40. The van der Waals surface area contributed by atoms with Gasteiger partial charge in [-0.2, -0.15) is 0 Å². The third-order valence-corrected chi connectivity index (χ3v) is 9.59. The second-order valence-corrected chi connectivity index (χ2v) is 18.3. The van der Waals surface area contributed by atoms with Gasteiger partial charge in [0.25, 0.3) is 0 Å². The van der Waals surface area contributed by atoms with E-state index < -0.39 is 27.4 Å². The van der Waals surface area contributed by atoms with Crippen LogP contribution in [0.1, 0.15) is 51.4 Å². The third-order valence-electron chi connectivity index (χ3n) is 5.80. The molecule has 0 radical (unpaired) electrons. The van der Waals surface area contributed by atoms with Gasteiger partial charge in [-0.1, -0.05) is 50.0 Å². The molecule has 36 heavy (non-hydrogen) atoms. The lowest BCUT2D eigenvalue weighted by Gasteiger charge is -2.30. The third kappa shape index (κ3) is 8.79. The number of hydrogen-bond acceptors (Lipinski definition) is 7. The molecule has 0 N–H and O–H groups in total. The van der Waals surface area contributed by atoms with Gasteiger partial charge in [0.2, 0.25) is 0 Å². The van der Waals surface area contributed by atoms with E-state index in [0.29, 0.717) is 12.2 Å².